The summed E-state index contributed by atoms with van der Waals surface area (Å²) in [5, 5.41) is 0.309. The molecule has 0 aliphatic carbocycles. The van der Waals surface area contributed by atoms with Crippen LogP contribution < -0.4 is 4.72 Å². The van der Waals surface area contributed by atoms with Crippen molar-refractivity contribution in [2.45, 2.75) is 11.4 Å². The first-order valence-corrected chi connectivity index (χ1v) is 10.4. The highest BCUT2D eigenvalue weighted by atomic mass is 35.5. The van der Waals surface area contributed by atoms with Crippen molar-refractivity contribution in [3.05, 3.63) is 82.5 Å². The molecule has 1 aromatic carbocycles. The van der Waals surface area contributed by atoms with Crippen molar-refractivity contribution in [1.82, 2.24) is 14.9 Å². The second kappa shape index (κ2) is 7.47. The van der Waals surface area contributed by atoms with Crippen LogP contribution in [0.15, 0.2) is 59.8 Å². The van der Waals surface area contributed by atoms with Gasteiger partial charge in [-0.3, -0.25) is 24.2 Å². The quantitative estimate of drug-likeness (QED) is 0.603. The van der Waals surface area contributed by atoms with E-state index < -0.39 is 32.6 Å². The number of benzene rings is 1. The monoisotopic (exact) mass is 446 g/mol. The fraction of sp³-hybridized carbons (Fsp3) is 0.0526. The van der Waals surface area contributed by atoms with Gasteiger partial charge in [0.1, 0.15) is 17.3 Å². The summed E-state index contributed by atoms with van der Waals surface area (Å²) in [6, 6.07) is 8.81. The lowest BCUT2D eigenvalue weighted by Crippen LogP contribution is -2.30. The van der Waals surface area contributed by atoms with E-state index >= 15 is 0 Å². The van der Waals surface area contributed by atoms with Gasteiger partial charge in [0.15, 0.2) is 0 Å². The Hall–Kier alpha value is -3.37. The summed E-state index contributed by atoms with van der Waals surface area (Å²) in [6.45, 7) is -0.376. The molecule has 11 heteroatoms. The molecule has 2 amide bonds. The predicted octanol–water partition coefficient (Wildman–Crippen LogP) is 2.87. The number of nitrogens with zero attached hydrogens (tertiary/aromatic N) is 3. The van der Waals surface area contributed by atoms with Gasteiger partial charge in [0.05, 0.1) is 22.0 Å². The Balaban J connectivity index is 1.68. The number of anilines is 1. The molecule has 3 heterocycles. The lowest BCUT2D eigenvalue weighted by molar-refractivity contribution is 0.0639. The normalized spacial score (nSPS) is 13.5. The van der Waals surface area contributed by atoms with Crippen LogP contribution in [0.5, 0.6) is 0 Å². The van der Waals surface area contributed by atoms with Crippen molar-refractivity contribution in [1.29, 1.82) is 0 Å². The summed E-state index contributed by atoms with van der Waals surface area (Å²) in [5.41, 5.74) is 0.155. The average Bonchev–Trinajstić information content (AvgIpc) is 2.96. The average molecular weight is 447 g/mol. The predicted molar refractivity (Wildman–Crippen MR) is 105 cm³/mol. The first-order valence-electron chi connectivity index (χ1n) is 8.50. The molecule has 0 fully saturated rings. The number of imide groups is 1. The molecule has 0 saturated heterocycles. The topological polar surface area (TPSA) is 109 Å². The Morgan fingerprint density at radius 3 is 2.57 bits per heavy atom. The summed E-state index contributed by atoms with van der Waals surface area (Å²) in [7, 11) is -4.28. The number of hydrogen-bond donors (Lipinski definition) is 1. The van der Waals surface area contributed by atoms with E-state index in [0.717, 1.165) is 17.0 Å². The van der Waals surface area contributed by atoms with Crippen LogP contribution in [-0.4, -0.2) is 35.1 Å². The van der Waals surface area contributed by atoms with Gasteiger partial charge in [-0.2, -0.15) is 0 Å². The van der Waals surface area contributed by atoms with Gasteiger partial charge in [0.2, 0.25) is 0 Å². The van der Waals surface area contributed by atoms with Crippen LogP contribution >= 0.6 is 11.6 Å². The van der Waals surface area contributed by atoms with E-state index in [-0.39, 0.29) is 29.2 Å². The van der Waals surface area contributed by atoms with Gasteiger partial charge in [-0.1, -0.05) is 17.7 Å². The third-order valence-electron chi connectivity index (χ3n) is 4.34. The fourth-order valence-electron chi connectivity index (χ4n) is 2.97. The van der Waals surface area contributed by atoms with E-state index in [1.54, 1.807) is 0 Å². The second-order valence-electron chi connectivity index (χ2n) is 6.32. The molecule has 0 saturated carbocycles. The number of amides is 2. The number of carbonyl (C=O) groups excluding carboxylic acids is 2. The SMILES string of the molecule is O=C1c2cccnc2C(=O)N1Cc1ccc(F)cc1S(=O)(=O)Nc1ccc(Cl)cn1. The molecule has 0 spiro atoms. The van der Waals surface area contributed by atoms with Gasteiger partial charge in [-0.25, -0.2) is 17.8 Å². The molecule has 1 aliphatic heterocycles. The van der Waals surface area contributed by atoms with Gasteiger partial charge in [-0.05, 0) is 42.0 Å². The van der Waals surface area contributed by atoms with Crippen molar-refractivity contribution >= 4 is 39.3 Å². The van der Waals surface area contributed by atoms with E-state index in [1.165, 1.54) is 42.7 Å². The number of nitrogens with one attached hydrogen (secondary N) is 1. The minimum atomic E-state index is -4.28. The first kappa shape index (κ1) is 19.9. The number of fused-ring (bicyclic) bond motifs is 1. The van der Waals surface area contributed by atoms with Gasteiger partial charge in [0, 0.05) is 12.4 Å². The summed E-state index contributed by atoms with van der Waals surface area (Å²) in [6.07, 6.45) is 2.63. The van der Waals surface area contributed by atoms with E-state index in [2.05, 4.69) is 14.7 Å². The maximum atomic E-state index is 13.9. The summed E-state index contributed by atoms with van der Waals surface area (Å²) in [4.78, 5) is 33.3. The molecule has 0 bridgehead atoms. The molecule has 8 nitrogen and oxygen atoms in total. The largest absolute Gasteiger partial charge is 0.280 e. The highest BCUT2D eigenvalue weighted by Crippen LogP contribution is 2.26. The molecule has 0 radical (unpaired) electrons. The number of pyridine rings is 2. The van der Waals surface area contributed by atoms with Crippen LogP contribution in [0.2, 0.25) is 5.02 Å². The third-order valence-corrected chi connectivity index (χ3v) is 6.01. The maximum Gasteiger partial charge on any atom is 0.280 e. The summed E-state index contributed by atoms with van der Waals surface area (Å²) >= 11 is 5.74. The minimum absolute atomic E-state index is 0.0162. The molecular weight excluding hydrogens is 435 g/mol. The minimum Gasteiger partial charge on any atom is -0.268 e. The van der Waals surface area contributed by atoms with Crippen molar-refractivity contribution in [3.8, 4) is 0 Å². The van der Waals surface area contributed by atoms with Crippen molar-refractivity contribution in [2.24, 2.45) is 0 Å². The smallest absolute Gasteiger partial charge is 0.268 e. The molecule has 0 atom stereocenters. The Labute approximate surface area is 175 Å². The highest BCUT2D eigenvalue weighted by molar-refractivity contribution is 7.92. The molecule has 152 valence electrons. The Morgan fingerprint density at radius 1 is 1.07 bits per heavy atom. The Morgan fingerprint density at radius 2 is 1.87 bits per heavy atom. The number of carbonyl (C=O) groups is 2. The van der Waals surface area contributed by atoms with Gasteiger partial charge in [-0.15, -0.1) is 0 Å². The van der Waals surface area contributed by atoms with Crippen molar-refractivity contribution in [2.75, 3.05) is 4.72 Å². The van der Waals surface area contributed by atoms with E-state index in [0.29, 0.717) is 5.02 Å². The lowest BCUT2D eigenvalue weighted by atomic mass is 10.2. The first-order chi connectivity index (χ1) is 14.3. The molecule has 1 aliphatic rings. The van der Waals surface area contributed by atoms with Crippen LogP contribution in [0, 0.1) is 5.82 Å². The number of aromatic nitrogens is 2. The van der Waals surface area contributed by atoms with Gasteiger partial charge in [0.25, 0.3) is 21.8 Å². The number of rotatable bonds is 5. The van der Waals surface area contributed by atoms with Gasteiger partial charge >= 0.3 is 0 Å². The number of halogens is 2. The molecule has 1 N–H and O–H groups in total. The summed E-state index contributed by atoms with van der Waals surface area (Å²) in [5.74, 6) is -2.09. The van der Waals surface area contributed by atoms with Crippen LogP contribution in [0.3, 0.4) is 0 Å². The van der Waals surface area contributed by atoms with Crippen LogP contribution in [0.1, 0.15) is 26.4 Å². The maximum absolute atomic E-state index is 13.9. The Kier molecular flexibility index (Phi) is 4.96. The molecule has 0 unspecified atom stereocenters. The van der Waals surface area contributed by atoms with Crippen molar-refractivity contribution < 1.29 is 22.4 Å². The second-order valence-corrected chi connectivity index (χ2v) is 8.40. The van der Waals surface area contributed by atoms with E-state index in [4.69, 9.17) is 11.6 Å². The zero-order chi connectivity index (χ0) is 21.5. The van der Waals surface area contributed by atoms with Crippen molar-refractivity contribution in [3.63, 3.8) is 0 Å². The van der Waals surface area contributed by atoms with E-state index in [9.17, 15) is 22.4 Å². The highest BCUT2D eigenvalue weighted by Gasteiger charge is 2.37. The zero-order valence-electron chi connectivity index (χ0n) is 15.0. The molecule has 2 aromatic heterocycles. The third kappa shape index (κ3) is 3.62. The van der Waals surface area contributed by atoms with Crippen LogP contribution in [0.4, 0.5) is 10.2 Å². The molecule has 3 aromatic rings. The molecule has 30 heavy (non-hydrogen) atoms. The van der Waals surface area contributed by atoms with Gasteiger partial charge < -0.3 is 0 Å². The zero-order valence-corrected chi connectivity index (χ0v) is 16.6. The number of hydrogen-bond acceptors (Lipinski definition) is 6. The number of sulfonamides is 1. The Bertz CT molecular complexity index is 1250. The fourth-order valence-corrected chi connectivity index (χ4v) is 4.33. The molecular formula is C19H12ClFN4O4S. The van der Waals surface area contributed by atoms with Crippen LogP contribution in [-0.2, 0) is 16.6 Å². The van der Waals surface area contributed by atoms with Crippen LogP contribution in [0.25, 0.3) is 0 Å². The van der Waals surface area contributed by atoms with E-state index in [1.807, 2.05) is 0 Å². The summed E-state index contributed by atoms with van der Waals surface area (Å²) < 4.78 is 41.8. The standard InChI is InChI=1S/C19H12ClFN4O4S/c20-12-4-6-16(23-9-12)24-30(28,29)15-8-13(21)5-3-11(15)10-25-18(26)14-2-1-7-22-17(14)19(25)27/h1-9H,10H2,(H,23,24). The molecule has 4 rings (SSSR count). The lowest BCUT2D eigenvalue weighted by Gasteiger charge is -2.17.